The van der Waals surface area contributed by atoms with Crippen LogP contribution in [0.25, 0.3) is 0 Å². The average Bonchev–Trinajstić information content (AvgIpc) is 2.70. The minimum absolute atomic E-state index is 0.0787. The molecule has 0 N–H and O–H groups in total. The fourth-order valence-corrected chi connectivity index (χ4v) is 1.66. The van der Waals surface area contributed by atoms with Gasteiger partial charge >= 0.3 is 0 Å². The van der Waals surface area contributed by atoms with Crippen LogP contribution in [-0.2, 0) is 21.3 Å². The highest BCUT2D eigenvalue weighted by Crippen LogP contribution is 2.25. The Balaban J connectivity index is 1.82. The molecule has 2 atom stereocenters. The van der Waals surface area contributed by atoms with Gasteiger partial charge in [0.1, 0.15) is 6.10 Å². The molecule has 2 unspecified atom stereocenters. The lowest BCUT2D eigenvalue weighted by Gasteiger charge is -2.34. The Morgan fingerprint density at radius 1 is 1.53 bits per heavy atom. The minimum Gasteiger partial charge on any atom is -0.483 e. The van der Waals surface area contributed by atoms with Gasteiger partial charge in [0, 0.05) is 20.6 Å². The van der Waals surface area contributed by atoms with Gasteiger partial charge in [-0.3, -0.25) is 9.48 Å². The van der Waals surface area contributed by atoms with Gasteiger partial charge in [0.2, 0.25) is 0 Å². The molecule has 0 amide bonds. The van der Waals surface area contributed by atoms with Crippen LogP contribution in [0.1, 0.15) is 6.42 Å². The predicted octanol–water partition coefficient (Wildman–Crippen LogP) is 0.172. The average molecular weight is 240 g/mol. The predicted molar refractivity (Wildman–Crippen MR) is 58.9 cm³/mol. The van der Waals surface area contributed by atoms with E-state index in [4.69, 9.17) is 14.2 Å². The lowest BCUT2D eigenvalue weighted by atomic mass is 9.90. The third-order valence-corrected chi connectivity index (χ3v) is 2.61. The third kappa shape index (κ3) is 2.83. The SMILES string of the molecule is COCCOC1C(=O)CC1Oc1cnn(C)c1. The molecule has 6 nitrogen and oxygen atoms in total. The topological polar surface area (TPSA) is 62.6 Å². The van der Waals surface area contributed by atoms with Gasteiger partial charge < -0.3 is 14.2 Å². The quantitative estimate of drug-likeness (QED) is 0.663. The maximum atomic E-state index is 11.4. The van der Waals surface area contributed by atoms with Crippen molar-refractivity contribution in [1.82, 2.24) is 9.78 Å². The second-order valence-corrected chi connectivity index (χ2v) is 3.96. The Kier molecular flexibility index (Phi) is 3.75. The van der Waals surface area contributed by atoms with Crippen molar-refractivity contribution in [2.45, 2.75) is 18.6 Å². The first-order chi connectivity index (χ1) is 8.20. The van der Waals surface area contributed by atoms with Crippen LogP contribution in [0.5, 0.6) is 5.75 Å². The van der Waals surface area contributed by atoms with Gasteiger partial charge in [-0.25, -0.2) is 0 Å². The molecular formula is C11H16N2O4. The number of nitrogens with zero attached hydrogens (tertiary/aromatic N) is 2. The Hall–Kier alpha value is -1.40. The van der Waals surface area contributed by atoms with E-state index in [0.29, 0.717) is 25.4 Å². The fraction of sp³-hybridized carbons (Fsp3) is 0.636. The maximum absolute atomic E-state index is 11.4. The number of ether oxygens (including phenoxy) is 3. The highest BCUT2D eigenvalue weighted by molar-refractivity contribution is 5.90. The number of aryl methyl sites for hydroxylation is 1. The van der Waals surface area contributed by atoms with Crippen LogP contribution in [0.3, 0.4) is 0 Å². The van der Waals surface area contributed by atoms with Gasteiger partial charge in [0.15, 0.2) is 17.6 Å². The summed E-state index contributed by atoms with van der Waals surface area (Å²) in [6.07, 6.45) is 3.10. The van der Waals surface area contributed by atoms with E-state index in [2.05, 4.69) is 5.10 Å². The van der Waals surface area contributed by atoms with Gasteiger partial charge in [0.25, 0.3) is 0 Å². The van der Waals surface area contributed by atoms with Crippen molar-refractivity contribution >= 4 is 5.78 Å². The van der Waals surface area contributed by atoms with Gasteiger partial charge in [-0.05, 0) is 0 Å². The summed E-state index contributed by atoms with van der Waals surface area (Å²) in [4.78, 5) is 11.4. The van der Waals surface area contributed by atoms with Crippen molar-refractivity contribution in [1.29, 1.82) is 0 Å². The van der Waals surface area contributed by atoms with Crippen LogP contribution >= 0.6 is 0 Å². The largest absolute Gasteiger partial charge is 0.483 e. The minimum atomic E-state index is -0.467. The first-order valence-electron chi connectivity index (χ1n) is 5.49. The lowest BCUT2D eigenvalue weighted by Crippen LogP contribution is -2.52. The molecule has 0 radical (unpaired) electrons. The van der Waals surface area contributed by atoms with E-state index in [-0.39, 0.29) is 11.9 Å². The summed E-state index contributed by atoms with van der Waals surface area (Å²) in [5, 5.41) is 3.99. The van der Waals surface area contributed by atoms with Crippen molar-refractivity contribution in [2.75, 3.05) is 20.3 Å². The van der Waals surface area contributed by atoms with E-state index >= 15 is 0 Å². The van der Waals surface area contributed by atoms with Crippen LogP contribution in [0.15, 0.2) is 12.4 Å². The highest BCUT2D eigenvalue weighted by atomic mass is 16.6. The third-order valence-electron chi connectivity index (χ3n) is 2.61. The number of ketones is 1. The number of carbonyl (C=O) groups is 1. The number of methoxy groups -OCH3 is 1. The number of aromatic nitrogens is 2. The molecule has 1 aliphatic carbocycles. The van der Waals surface area contributed by atoms with Gasteiger partial charge in [-0.2, -0.15) is 5.10 Å². The van der Waals surface area contributed by atoms with Crippen LogP contribution in [-0.4, -0.2) is 48.1 Å². The summed E-state index contributed by atoms with van der Waals surface area (Å²) >= 11 is 0. The maximum Gasteiger partial charge on any atom is 0.169 e. The van der Waals surface area contributed by atoms with E-state index < -0.39 is 6.10 Å². The lowest BCUT2D eigenvalue weighted by molar-refractivity contribution is -0.156. The monoisotopic (exact) mass is 240 g/mol. The molecule has 0 aliphatic heterocycles. The van der Waals surface area contributed by atoms with Crippen molar-refractivity contribution in [3.05, 3.63) is 12.4 Å². The molecule has 0 saturated heterocycles. The number of carbonyl (C=O) groups excluding carboxylic acids is 1. The zero-order valence-electron chi connectivity index (χ0n) is 9.96. The zero-order chi connectivity index (χ0) is 12.3. The molecule has 1 fully saturated rings. The molecule has 6 heteroatoms. The molecule has 0 spiro atoms. The summed E-state index contributed by atoms with van der Waals surface area (Å²) in [5.74, 6) is 0.736. The molecule has 1 aliphatic rings. The number of Topliss-reactive ketones (excluding diaryl/α,β-unsaturated/α-hetero) is 1. The summed E-state index contributed by atoms with van der Waals surface area (Å²) in [5.41, 5.74) is 0. The van der Waals surface area contributed by atoms with Crippen LogP contribution in [0.2, 0.25) is 0 Å². The summed E-state index contributed by atoms with van der Waals surface area (Å²) in [6, 6.07) is 0. The van der Waals surface area contributed by atoms with E-state index in [1.807, 2.05) is 7.05 Å². The number of hydrogen-bond acceptors (Lipinski definition) is 5. The molecule has 0 aromatic carbocycles. The summed E-state index contributed by atoms with van der Waals surface area (Å²) in [6.45, 7) is 0.878. The molecule has 1 aromatic heterocycles. The summed E-state index contributed by atoms with van der Waals surface area (Å²) < 4.78 is 17.5. The van der Waals surface area contributed by atoms with Gasteiger partial charge in [0.05, 0.1) is 25.6 Å². The van der Waals surface area contributed by atoms with E-state index in [0.717, 1.165) is 0 Å². The molecule has 94 valence electrons. The smallest absolute Gasteiger partial charge is 0.169 e. The zero-order valence-corrected chi connectivity index (χ0v) is 9.96. The summed E-state index contributed by atoms with van der Waals surface area (Å²) in [7, 11) is 3.40. The first kappa shape index (κ1) is 12.1. The Labute approximate surface area is 99.5 Å². The van der Waals surface area contributed by atoms with Crippen molar-refractivity contribution < 1.29 is 19.0 Å². The van der Waals surface area contributed by atoms with Crippen molar-refractivity contribution in [3.63, 3.8) is 0 Å². The standard InChI is InChI=1S/C11H16N2O4/c1-13-7-8(6-12-13)17-10-5-9(14)11(10)16-4-3-15-2/h6-7,10-11H,3-5H2,1-2H3. The second kappa shape index (κ2) is 5.29. The molecule has 1 heterocycles. The highest BCUT2D eigenvalue weighted by Gasteiger charge is 2.42. The molecule has 2 rings (SSSR count). The molecule has 1 saturated carbocycles. The Morgan fingerprint density at radius 3 is 2.94 bits per heavy atom. The molecular weight excluding hydrogens is 224 g/mol. The number of hydrogen-bond donors (Lipinski definition) is 0. The van der Waals surface area contributed by atoms with Crippen LogP contribution in [0, 0.1) is 0 Å². The Bertz CT molecular complexity index is 391. The second-order valence-electron chi connectivity index (χ2n) is 3.96. The van der Waals surface area contributed by atoms with Crippen molar-refractivity contribution in [3.8, 4) is 5.75 Å². The molecule has 0 bridgehead atoms. The molecule has 1 aromatic rings. The van der Waals surface area contributed by atoms with Crippen LogP contribution in [0.4, 0.5) is 0 Å². The van der Waals surface area contributed by atoms with Gasteiger partial charge in [-0.1, -0.05) is 0 Å². The van der Waals surface area contributed by atoms with E-state index in [9.17, 15) is 4.79 Å². The van der Waals surface area contributed by atoms with E-state index in [1.165, 1.54) is 0 Å². The molecule has 17 heavy (non-hydrogen) atoms. The van der Waals surface area contributed by atoms with E-state index in [1.54, 1.807) is 24.2 Å². The van der Waals surface area contributed by atoms with Crippen LogP contribution < -0.4 is 4.74 Å². The van der Waals surface area contributed by atoms with Gasteiger partial charge in [-0.15, -0.1) is 0 Å². The Morgan fingerprint density at radius 2 is 2.35 bits per heavy atom. The fourth-order valence-electron chi connectivity index (χ4n) is 1.66. The first-order valence-corrected chi connectivity index (χ1v) is 5.49. The number of rotatable bonds is 6. The normalized spacial score (nSPS) is 23.5. The van der Waals surface area contributed by atoms with Crippen molar-refractivity contribution in [2.24, 2.45) is 7.05 Å².